The minimum atomic E-state index is 0.855. The molecule has 1 aromatic carbocycles. The highest BCUT2D eigenvalue weighted by molar-refractivity contribution is 5.14. The van der Waals surface area contributed by atoms with E-state index in [-0.39, 0.29) is 0 Å². The van der Waals surface area contributed by atoms with Crippen molar-refractivity contribution in [3.8, 4) is 0 Å². The zero-order valence-corrected chi connectivity index (χ0v) is 14.6. The molecule has 0 saturated heterocycles. The Morgan fingerprint density at radius 1 is 0.792 bits per heavy atom. The van der Waals surface area contributed by atoms with Crippen LogP contribution in [0, 0.1) is 0 Å². The summed E-state index contributed by atoms with van der Waals surface area (Å²) >= 11 is 0. The molecule has 0 aliphatic heterocycles. The van der Waals surface area contributed by atoms with Gasteiger partial charge in [0, 0.05) is 32.2 Å². The number of aryl methyl sites for hydroxylation is 1. The molecule has 3 nitrogen and oxygen atoms in total. The van der Waals surface area contributed by atoms with Crippen molar-refractivity contribution in [2.24, 2.45) is 0 Å². The highest BCUT2D eigenvalue weighted by Gasteiger charge is 1.95. The van der Waals surface area contributed by atoms with Crippen molar-refractivity contribution < 1.29 is 4.74 Å². The first-order valence-corrected chi connectivity index (χ1v) is 9.16. The first kappa shape index (κ1) is 18.6. The quantitative estimate of drug-likeness (QED) is 0.555. The molecule has 0 bridgehead atoms. The van der Waals surface area contributed by atoms with Gasteiger partial charge in [-0.25, -0.2) is 0 Å². The monoisotopic (exact) mass is 326 g/mol. The van der Waals surface area contributed by atoms with Gasteiger partial charge in [-0.3, -0.25) is 4.98 Å². The molecule has 2 aromatic rings. The summed E-state index contributed by atoms with van der Waals surface area (Å²) in [4.78, 5) is 4.13. The van der Waals surface area contributed by atoms with E-state index in [1.54, 1.807) is 0 Å². The van der Waals surface area contributed by atoms with E-state index >= 15 is 0 Å². The molecule has 130 valence electrons. The highest BCUT2D eigenvalue weighted by atomic mass is 16.5. The summed E-state index contributed by atoms with van der Waals surface area (Å²) < 4.78 is 5.70. The summed E-state index contributed by atoms with van der Waals surface area (Å²) in [7, 11) is 0. The molecule has 0 saturated carbocycles. The molecular formula is C21H30N2O. The number of rotatable bonds is 13. The Hall–Kier alpha value is -1.71. The molecule has 0 radical (unpaired) electrons. The van der Waals surface area contributed by atoms with Crippen molar-refractivity contribution in [3.63, 3.8) is 0 Å². The molecule has 0 aliphatic carbocycles. The Bertz CT molecular complexity index is 466. The van der Waals surface area contributed by atoms with Crippen LogP contribution in [0.25, 0.3) is 0 Å². The highest BCUT2D eigenvalue weighted by Crippen LogP contribution is 2.03. The standard InChI is InChI=1S/C21H30N2O/c1(6-14-22-18-20-10-4-3-5-11-20)2-7-16-24-17-9-13-21-12-8-15-23-19-21/h3-5,8,10-12,15,19,22H,1-2,6-7,9,13-14,16-18H2. The summed E-state index contributed by atoms with van der Waals surface area (Å²) in [6.45, 7) is 3.82. The zero-order chi connectivity index (χ0) is 16.7. The SMILES string of the molecule is c1ccc(CNCCCCCCOCCCc2cccnc2)cc1. The summed E-state index contributed by atoms with van der Waals surface area (Å²) in [5, 5.41) is 3.50. The fourth-order valence-electron chi connectivity index (χ4n) is 2.66. The number of hydrogen-bond donors (Lipinski definition) is 1. The molecule has 0 atom stereocenters. The van der Waals surface area contributed by atoms with Crippen LogP contribution in [0.3, 0.4) is 0 Å². The average Bonchev–Trinajstić information content (AvgIpc) is 2.64. The maximum Gasteiger partial charge on any atom is 0.0469 e. The van der Waals surface area contributed by atoms with E-state index in [9.17, 15) is 0 Å². The van der Waals surface area contributed by atoms with Crippen molar-refractivity contribution in [3.05, 3.63) is 66.0 Å². The Kier molecular flexibility index (Phi) is 9.84. The molecule has 1 aromatic heterocycles. The van der Waals surface area contributed by atoms with Crippen LogP contribution in [0.1, 0.15) is 43.2 Å². The number of aromatic nitrogens is 1. The molecule has 1 heterocycles. The van der Waals surface area contributed by atoms with Crippen molar-refractivity contribution in [2.45, 2.75) is 45.1 Å². The minimum Gasteiger partial charge on any atom is -0.381 e. The van der Waals surface area contributed by atoms with Gasteiger partial charge in [0.15, 0.2) is 0 Å². The summed E-state index contributed by atoms with van der Waals surface area (Å²) in [5.74, 6) is 0. The van der Waals surface area contributed by atoms with Crippen molar-refractivity contribution >= 4 is 0 Å². The van der Waals surface area contributed by atoms with E-state index in [1.807, 2.05) is 18.5 Å². The van der Waals surface area contributed by atoms with Crippen LogP contribution in [-0.2, 0) is 17.7 Å². The van der Waals surface area contributed by atoms with E-state index in [1.165, 1.54) is 36.8 Å². The van der Waals surface area contributed by atoms with Gasteiger partial charge in [0.25, 0.3) is 0 Å². The van der Waals surface area contributed by atoms with Crippen LogP contribution in [0.2, 0.25) is 0 Å². The molecule has 0 spiro atoms. The van der Waals surface area contributed by atoms with Crippen LogP contribution in [0.15, 0.2) is 54.9 Å². The lowest BCUT2D eigenvalue weighted by Crippen LogP contribution is -2.14. The van der Waals surface area contributed by atoms with E-state index in [2.05, 4.69) is 46.7 Å². The normalized spacial score (nSPS) is 10.8. The predicted molar refractivity (Wildman–Crippen MR) is 100.0 cm³/mol. The smallest absolute Gasteiger partial charge is 0.0469 e. The Balaban J connectivity index is 1.32. The number of nitrogens with one attached hydrogen (secondary N) is 1. The number of unbranched alkanes of at least 4 members (excludes halogenated alkanes) is 3. The number of pyridine rings is 1. The lowest BCUT2D eigenvalue weighted by molar-refractivity contribution is 0.127. The van der Waals surface area contributed by atoms with E-state index in [0.29, 0.717) is 0 Å². The lowest BCUT2D eigenvalue weighted by Gasteiger charge is -2.06. The second-order valence-electron chi connectivity index (χ2n) is 6.15. The number of hydrogen-bond acceptors (Lipinski definition) is 3. The maximum atomic E-state index is 5.70. The molecule has 3 heteroatoms. The minimum absolute atomic E-state index is 0.855. The van der Waals surface area contributed by atoms with Crippen molar-refractivity contribution in [2.75, 3.05) is 19.8 Å². The number of nitrogens with zero attached hydrogens (tertiary/aromatic N) is 1. The predicted octanol–water partition coefficient (Wildman–Crippen LogP) is 4.38. The lowest BCUT2D eigenvalue weighted by atomic mass is 10.2. The largest absolute Gasteiger partial charge is 0.381 e. The van der Waals surface area contributed by atoms with E-state index < -0.39 is 0 Å². The van der Waals surface area contributed by atoms with Gasteiger partial charge in [0.05, 0.1) is 0 Å². The third kappa shape index (κ3) is 8.80. The Morgan fingerprint density at radius 2 is 1.58 bits per heavy atom. The Labute approximate surface area is 146 Å². The van der Waals surface area contributed by atoms with Crippen LogP contribution < -0.4 is 5.32 Å². The third-order valence-corrected chi connectivity index (χ3v) is 4.04. The summed E-state index contributed by atoms with van der Waals surface area (Å²) in [6.07, 6.45) is 10.8. The van der Waals surface area contributed by atoms with Gasteiger partial charge in [0.2, 0.25) is 0 Å². The second-order valence-corrected chi connectivity index (χ2v) is 6.15. The summed E-state index contributed by atoms with van der Waals surface area (Å²) in [6, 6.07) is 14.7. The summed E-state index contributed by atoms with van der Waals surface area (Å²) in [5.41, 5.74) is 2.65. The number of benzene rings is 1. The fourth-order valence-corrected chi connectivity index (χ4v) is 2.66. The maximum absolute atomic E-state index is 5.70. The molecule has 24 heavy (non-hydrogen) atoms. The second kappa shape index (κ2) is 12.7. The van der Waals surface area contributed by atoms with Gasteiger partial charge in [-0.15, -0.1) is 0 Å². The molecular weight excluding hydrogens is 296 g/mol. The molecule has 0 unspecified atom stereocenters. The Morgan fingerprint density at radius 3 is 2.42 bits per heavy atom. The van der Waals surface area contributed by atoms with Gasteiger partial charge in [0.1, 0.15) is 0 Å². The molecule has 2 rings (SSSR count). The fraction of sp³-hybridized carbons (Fsp3) is 0.476. The third-order valence-electron chi connectivity index (χ3n) is 4.04. The van der Waals surface area contributed by atoms with Crippen LogP contribution in [0.4, 0.5) is 0 Å². The van der Waals surface area contributed by atoms with E-state index in [0.717, 1.165) is 39.1 Å². The average molecular weight is 326 g/mol. The van der Waals surface area contributed by atoms with Gasteiger partial charge < -0.3 is 10.1 Å². The van der Waals surface area contributed by atoms with Gasteiger partial charge in [-0.1, -0.05) is 49.2 Å². The molecule has 0 fully saturated rings. The van der Waals surface area contributed by atoms with Crippen molar-refractivity contribution in [1.29, 1.82) is 0 Å². The van der Waals surface area contributed by atoms with E-state index in [4.69, 9.17) is 4.74 Å². The molecule has 0 amide bonds. The van der Waals surface area contributed by atoms with Gasteiger partial charge in [-0.2, -0.15) is 0 Å². The molecule has 1 N–H and O–H groups in total. The zero-order valence-electron chi connectivity index (χ0n) is 14.6. The topological polar surface area (TPSA) is 34.1 Å². The van der Waals surface area contributed by atoms with Crippen LogP contribution >= 0.6 is 0 Å². The number of ether oxygens (including phenoxy) is 1. The van der Waals surface area contributed by atoms with Crippen LogP contribution in [-0.4, -0.2) is 24.7 Å². The molecule has 0 aliphatic rings. The van der Waals surface area contributed by atoms with Gasteiger partial charge in [-0.05, 0) is 49.4 Å². The van der Waals surface area contributed by atoms with Crippen LogP contribution in [0.5, 0.6) is 0 Å². The van der Waals surface area contributed by atoms with Crippen molar-refractivity contribution in [1.82, 2.24) is 10.3 Å². The first-order valence-electron chi connectivity index (χ1n) is 9.16. The first-order chi connectivity index (χ1) is 11.9. The van der Waals surface area contributed by atoms with Gasteiger partial charge >= 0.3 is 0 Å².